The van der Waals surface area contributed by atoms with Crippen LogP contribution in [0.15, 0.2) is 17.2 Å². The van der Waals surface area contributed by atoms with Gasteiger partial charge in [-0.25, -0.2) is 0 Å². The smallest absolute Gasteiger partial charge is 0.266 e. The third-order valence-corrected chi connectivity index (χ3v) is 2.91. The molecule has 22 heavy (non-hydrogen) atoms. The van der Waals surface area contributed by atoms with Crippen molar-refractivity contribution in [2.75, 3.05) is 13.7 Å². The summed E-state index contributed by atoms with van der Waals surface area (Å²) in [6.45, 7) is 2.80. The van der Waals surface area contributed by atoms with Crippen molar-refractivity contribution < 1.29 is 14.8 Å². The van der Waals surface area contributed by atoms with Crippen LogP contribution in [0.25, 0.3) is 0 Å². The lowest BCUT2D eigenvalue weighted by atomic mass is 10.2. The van der Waals surface area contributed by atoms with Crippen molar-refractivity contribution in [3.05, 3.63) is 27.8 Å². The number of thiocarbonyl (C=S) groups is 1. The largest absolute Gasteiger partial charge is 0.865 e. The zero-order chi connectivity index (χ0) is 16.5. The number of nitrogens with zero attached hydrogens (tertiary/aromatic N) is 2. The second-order valence-corrected chi connectivity index (χ2v) is 4.72. The summed E-state index contributed by atoms with van der Waals surface area (Å²) < 4.78 is 4.83. The molecule has 1 rings (SSSR count). The van der Waals surface area contributed by atoms with E-state index >= 15 is 0 Å². The van der Waals surface area contributed by atoms with Crippen LogP contribution in [-0.4, -0.2) is 29.9 Å². The third kappa shape index (κ3) is 5.17. The first-order chi connectivity index (χ1) is 10.5. The zero-order valence-corrected chi connectivity index (χ0v) is 13.1. The van der Waals surface area contributed by atoms with Gasteiger partial charge in [0.25, 0.3) is 5.69 Å². The fourth-order valence-corrected chi connectivity index (χ4v) is 1.71. The monoisotopic (exact) mass is 325 g/mol. The molecule has 0 heterocycles. The Balaban J connectivity index is 2.76. The SMILES string of the molecule is CCCCNC(=S)N/N=C\c1cc(OC)c([O-])c([N+](=O)[O-])c1. The van der Waals surface area contributed by atoms with Crippen LogP contribution in [0, 0.1) is 10.1 Å². The number of hydrogen-bond donors (Lipinski definition) is 2. The summed E-state index contributed by atoms with van der Waals surface area (Å²) >= 11 is 5.00. The van der Waals surface area contributed by atoms with Crippen molar-refractivity contribution >= 4 is 29.2 Å². The van der Waals surface area contributed by atoms with Gasteiger partial charge in [-0.05, 0) is 24.7 Å². The Hall–Kier alpha value is -2.42. The number of nitro benzene ring substituents is 1. The van der Waals surface area contributed by atoms with Crippen LogP contribution in [-0.2, 0) is 0 Å². The van der Waals surface area contributed by atoms with Crippen molar-refractivity contribution in [3.63, 3.8) is 0 Å². The molecular formula is C13H17N4O4S-. The summed E-state index contributed by atoms with van der Waals surface area (Å²) in [5.41, 5.74) is 2.38. The number of rotatable bonds is 7. The Bertz CT molecular complexity index is 577. The van der Waals surface area contributed by atoms with Crippen LogP contribution < -0.4 is 20.6 Å². The van der Waals surface area contributed by atoms with Crippen LogP contribution >= 0.6 is 12.2 Å². The van der Waals surface area contributed by atoms with Gasteiger partial charge < -0.3 is 15.2 Å². The highest BCUT2D eigenvalue weighted by atomic mass is 32.1. The van der Waals surface area contributed by atoms with Crippen LogP contribution in [0.4, 0.5) is 5.69 Å². The van der Waals surface area contributed by atoms with Gasteiger partial charge in [0.05, 0.1) is 18.2 Å². The molecule has 1 aromatic carbocycles. The van der Waals surface area contributed by atoms with Crippen LogP contribution in [0.5, 0.6) is 11.5 Å². The number of benzene rings is 1. The van der Waals surface area contributed by atoms with Gasteiger partial charge in [0.1, 0.15) is 5.75 Å². The topological polar surface area (TPSA) is 112 Å². The van der Waals surface area contributed by atoms with E-state index in [4.69, 9.17) is 17.0 Å². The van der Waals surface area contributed by atoms with Crippen LogP contribution in [0.3, 0.4) is 0 Å². The Labute approximate surface area is 133 Å². The van der Waals surface area contributed by atoms with Gasteiger partial charge in [-0.2, -0.15) is 5.10 Å². The minimum Gasteiger partial charge on any atom is -0.865 e. The van der Waals surface area contributed by atoms with E-state index in [1.54, 1.807) is 0 Å². The predicted octanol–water partition coefficient (Wildman–Crippen LogP) is 1.28. The average molecular weight is 325 g/mol. The van der Waals surface area contributed by atoms with Crippen molar-refractivity contribution in [1.29, 1.82) is 0 Å². The highest BCUT2D eigenvalue weighted by Crippen LogP contribution is 2.33. The Morgan fingerprint density at radius 2 is 2.27 bits per heavy atom. The molecule has 9 heteroatoms. The molecule has 0 amide bonds. The van der Waals surface area contributed by atoms with Crippen molar-refractivity contribution in [2.24, 2.45) is 5.10 Å². The number of hydrogen-bond acceptors (Lipinski definition) is 6. The number of hydrazone groups is 1. The maximum absolute atomic E-state index is 11.7. The molecule has 0 spiro atoms. The van der Waals surface area contributed by atoms with E-state index in [0.717, 1.165) is 25.5 Å². The summed E-state index contributed by atoms with van der Waals surface area (Å²) in [7, 11) is 1.27. The minimum absolute atomic E-state index is 0.112. The van der Waals surface area contributed by atoms with Gasteiger partial charge in [-0.15, -0.1) is 0 Å². The molecule has 0 aliphatic carbocycles. The molecular weight excluding hydrogens is 308 g/mol. The van der Waals surface area contributed by atoms with E-state index in [9.17, 15) is 15.2 Å². The molecule has 0 fully saturated rings. The Morgan fingerprint density at radius 3 is 2.86 bits per heavy atom. The van der Waals surface area contributed by atoms with E-state index in [1.165, 1.54) is 19.4 Å². The fourth-order valence-electron chi connectivity index (χ4n) is 1.55. The maximum atomic E-state index is 11.7. The van der Waals surface area contributed by atoms with Crippen LogP contribution in [0.2, 0.25) is 0 Å². The van der Waals surface area contributed by atoms with Crippen molar-refractivity contribution in [3.8, 4) is 11.5 Å². The molecule has 0 aromatic heterocycles. The molecule has 8 nitrogen and oxygen atoms in total. The van der Waals surface area contributed by atoms with Crippen molar-refractivity contribution in [1.82, 2.24) is 10.7 Å². The first-order valence-electron chi connectivity index (χ1n) is 6.60. The molecule has 2 N–H and O–H groups in total. The summed E-state index contributed by atoms with van der Waals surface area (Å²) in [6, 6.07) is 2.50. The zero-order valence-electron chi connectivity index (χ0n) is 12.3. The quantitative estimate of drug-likeness (QED) is 0.255. The van der Waals surface area contributed by atoms with Gasteiger partial charge in [0, 0.05) is 23.9 Å². The standard InChI is InChI=1S/C13H18N4O4S/c1-3-4-5-14-13(22)16-15-8-9-6-10(17(19)20)12(18)11(7-9)21-2/h6-8,18H,3-5H2,1-2H3,(H2,14,16,22)/p-1/b15-8-. The molecule has 0 atom stereocenters. The molecule has 120 valence electrons. The number of methoxy groups -OCH3 is 1. The normalized spacial score (nSPS) is 10.5. The molecule has 1 aromatic rings. The first-order valence-corrected chi connectivity index (χ1v) is 7.00. The number of nitrogens with one attached hydrogen (secondary N) is 2. The molecule has 0 aliphatic rings. The van der Waals surface area contributed by atoms with E-state index in [0.29, 0.717) is 10.7 Å². The lowest BCUT2D eigenvalue weighted by molar-refractivity contribution is -0.398. The lowest BCUT2D eigenvalue weighted by Gasteiger charge is -2.13. The van der Waals surface area contributed by atoms with E-state index in [-0.39, 0.29) is 5.75 Å². The number of ether oxygens (including phenoxy) is 1. The summed E-state index contributed by atoms with van der Waals surface area (Å²) in [5, 5.41) is 29.7. The Kier molecular flexibility index (Phi) is 7.03. The van der Waals surface area contributed by atoms with E-state index in [2.05, 4.69) is 22.8 Å². The van der Waals surface area contributed by atoms with Gasteiger partial charge in [0.2, 0.25) is 0 Å². The highest BCUT2D eigenvalue weighted by molar-refractivity contribution is 7.80. The van der Waals surface area contributed by atoms with Gasteiger partial charge in [0.15, 0.2) is 5.11 Å². The molecule has 0 radical (unpaired) electrons. The van der Waals surface area contributed by atoms with Gasteiger partial charge in [-0.3, -0.25) is 15.5 Å². The predicted molar refractivity (Wildman–Crippen MR) is 85.3 cm³/mol. The fraction of sp³-hybridized carbons (Fsp3) is 0.385. The van der Waals surface area contributed by atoms with Crippen LogP contribution in [0.1, 0.15) is 25.3 Å². The van der Waals surface area contributed by atoms with Gasteiger partial charge in [-0.1, -0.05) is 13.3 Å². The number of nitro groups is 1. The molecule has 0 bridgehead atoms. The summed E-state index contributed by atoms with van der Waals surface area (Å²) in [4.78, 5) is 10.1. The minimum atomic E-state index is -0.769. The van der Waals surface area contributed by atoms with E-state index < -0.39 is 16.4 Å². The lowest BCUT2D eigenvalue weighted by Crippen LogP contribution is -2.32. The molecule has 0 saturated heterocycles. The second kappa shape index (κ2) is 8.78. The summed E-state index contributed by atoms with van der Waals surface area (Å²) in [6.07, 6.45) is 3.35. The molecule has 0 saturated carbocycles. The third-order valence-electron chi connectivity index (χ3n) is 2.67. The summed E-state index contributed by atoms with van der Waals surface area (Å²) in [5.74, 6) is -0.881. The highest BCUT2D eigenvalue weighted by Gasteiger charge is 2.12. The van der Waals surface area contributed by atoms with Crippen molar-refractivity contribution in [2.45, 2.75) is 19.8 Å². The number of unbranched alkanes of at least 4 members (excludes halogenated alkanes) is 1. The Morgan fingerprint density at radius 1 is 1.55 bits per heavy atom. The van der Waals surface area contributed by atoms with Gasteiger partial charge >= 0.3 is 0 Å². The van der Waals surface area contributed by atoms with E-state index in [1.807, 2.05) is 0 Å². The molecule has 0 unspecified atom stereocenters. The first kappa shape index (κ1) is 17.6. The maximum Gasteiger partial charge on any atom is 0.266 e. The molecule has 0 aliphatic heterocycles. The average Bonchev–Trinajstić information content (AvgIpc) is 2.48. The second-order valence-electron chi connectivity index (χ2n) is 4.31.